The summed E-state index contributed by atoms with van der Waals surface area (Å²) in [6.45, 7) is 0.428. The number of pyridine rings is 1. The van der Waals surface area contributed by atoms with Gasteiger partial charge in [-0.25, -0.2) is 4.98 Å². The molecule has 0 spiro atoms. The number of carbonyl (C=O) groups is 1. The summed E-state index contributed by atoms with van der Waals surface area (Å²) in [7, 11) is 0. The van der Waals surface area contributed by atoms with Crippen LogP contribution in [0.2, 0.25) is 0 Å². The standard InChI is InChI=1S/C14H15F3N4O2/c15-14(16,17)8-23-12-9-7-11-13(22)20(4-2-18)5-6-21(11)10(9)1-3-19-12/h1,3,7H,2,4-6,8,18H2. The molecule has 23 heavy (non-hydrogen) atoms. The molecule has 1 aliphatic heterocycles. The van der Waals surface area contributed by atoms with Crippen LogP contribution >= 0.6 is 0 Å². The van der Waals surface area contributed by atoms with Crippen LogP contribution in [0.15, 0.2) is 18.3 Å². The molecule has 0 unspecified atom stereocenters. The Morgan fingerprint density at radius 1 is 1.35 bits per heavy atom. The average Bonchev–Trinajstić information content (AvgIpc) is 2.87. The number of aromatic nitrogens is 2. The SMILES string of the molecule is NCCN1CCn2c(cc3c(OCC(F)(F)F)nccc32)C1=O. The third kappa shape index (κ3) is 2.96. The highest BCUT2D eigenvalue weighted by Crippen LogP contribution is 2.30. The van der Waals surface area contributed by atoms with Crippen LogP contribution in [0, 0.1) is 0 Å². The van der Waals surface area contributed by atoms with E-state index in [2.05, 4.69) is 4.98 Å². The number of fused-ring (bicyclic) bond motifs is 3. The lowest BCUT2D eigenvalue weighted by molar-refractivity contribution is -0.153. The second-order valence-electron chi connectivity index (χ2n) is 5.21. The third-order valence-electron chi connectivity index (χ3n) is 3.66. The van der Waals surface area contributed by atoms with Gasteiger partial charge in [-0.3, -0.25) is 4.79 Å². The minimum atomic E-state index is -4.45. The van der Waals surface area contributed by atoms with Gasteiger partial charge in [-0.2, -0.15) is 13.2 Å². The van der Waals surface area contributed by atoms with Crippen LogP contribution in [-0.4, -0.2) is 52.8 Å². The lowest BCUT2D eigenvalue weighted by Gasteiger charge is -2.28. The fourth-order valence-electron chi connectivity index (χ4n) is 2.70. The number of alkyl halides is 3. The number of ether oxygens (including phenoxy) is 1. The number of carbonyl (C=O) groups excluding carboxylic acids is 1. The van der Waals surface area contributed by atoms with E-state index in [1.807, 2.05) is 0 Å². The highest BCUT2D eigenvalue weighted by molar-refractivity contribution is 6.00. The van der Waals surface area contributed by atoms with E-state index in [4.69, 9.17) is 10.5 Å². The summed E-state index contributed by atoms with van der Waals surface area (Å²) < 4.78 is 43.6. The minimum Gasteiger partial charge on any atom is -0.468 e. The molecular weight excluding hydrogens is 313 g/mol. The van der Waals surface area contributed by atoms with E-state index in [0.29, 0.717) is 42.8 Å². The van der Waals surface area contributed by atoms with Gasteiger partial charge in [0.1, 0.15) is 5.69 Å². The largest absolute Gasteiger partial charge is 0.468 e. The normalized spacial score (nSPS) is 15.1. The Morgan fingerprint density at radius 2 is 2.13 bits per heavy atom. The predicted molar refractivity (Wildman–Crippen MR) is 76.2 cm³/mol. The van der Waals surface area contributed by atoms with Gasteiger partial charge < -0.3 is 19.9 Å². The molecule has 3 rings (SSSR count). The first-order valence-corrected chi connectivity index (χ1v) is 7.08. The molecule has 1 amide bonds. The van der Waals surface area contributed by atoms with Crippen LogP contribution in [0.3, 0.4) is 0 Å². The van der Waals surface area contributed by atoms with E-state index in [9.17, 15) is 18.0 Å². The number of hydrogen-bond acceptors (Lipinski definition) is 4. The van der Waals surface area contributed by atoms with Crippen molar-refractivity contribution in [1.82, 2.24) is 14.5 Å². The summed E-state index contributed by atoms with van der Waals surface area (Å²) in [6, 6.07) is 3.18. The summed E-state index contributed by atoms with van der Waals surface area (Å²) in [5.74, 6) is -0.320. The summed E-state index contributed by atoms with van der Waals surface area (Å²) in [5.41, 5.74) is 6.52. The fourth-order valence-corrected chi connectivity index (χ4v) is 2.70. The van der Waals surface area contributed by atoms with Gasteiger partial charge in [-0.05, 0) is 12.1 Å². The van der Waals surface area contributed by atoms with Crippen molar-refractivity contribution in [2.45, 2.75) is 12.7 Å². The highest BCUT2D eigenvalue weighted by Gasteiger charge is 2.30. The molecule has 9 heteroatoms. The number of rotatable bonds is 4. The molecule has 0 fully saturated rings. The Morgan fingerprint density at radius 3 is 2.83 bits per heavy atom. The molecule has 6 nitrogen and oxygen atoms in total. The number of amides is 1. The quantitative estimate of drug-likeness (QED) is 0.920. The van der Waals surface area contributed by atoms with E-state index in [1.54, 1.807) is 15.5 Å². The molecule has 2 N–H and O–H groups in total. The monoisotopic (exact) mass is 328 g/mol. The number of hydrogen-bond donors (Lipinski definition) is 1. The van der Waals surface area contributed by atoms with Crippen LogP contribution in [-0.2, 0) is 6.54 Å². The molecule has 3 heterocycles. The van der Waals surface area contributed by atoms with E-state index in [0.717, 1.165) is 0 Å². The summed E-state index contributed by atoms with van der Waals surface area (Å²) >= 11 is 0. The molecule has 0 radical (unpaired) electrons. The van der Waals surface area contributed by atoms with Gasteiger partial charge in [0.05, 0.1) is 10.9 Å². The van der Waals surface area contributed by atoms with Crippen LogP contribution in [0.1, 0.15) is 10.5 Å². The molecule has 124 valence electrons. The first-order chi connectivity index (χ1) is 10.9. The Balaban J connectivity index is 1.98. The smallest absolute Gasteiger partial charge is 0.422 e. The van der Waals surface area contributed by atoms with Gasteiger partial charge in [-0.1, -0.05) is 0 Å². The lowest BCUT2D eigenvalue weighted by Crippen LogP contribution is -2.42. The number of halogens is 3. The van der Waals surface area contributed by atoms with Crippen LogP contribution in [0.5, 0.6) is 5.88 Å². The molecule has 2 aromatic rings. The first kappa shape index (κ1) is 15.6. The van der Waals surface area contributed by atoms with Crippen molar-refractivity contribution in [2.75, 3.05) is 26.2 Å². The maximum Gasteiger partial charge on any atom is 0.422 e. The lowest BCUT2D eigenvalue weighted by atomic mass is 10.2. The fraction of sp³-hybridized carbons (Fsp3) is 0.429. The second-order valence-corrected chi connectivity index (χ2v) is 5.21. The maximum absolute atomic E-state index is 12.4. The zero-order valence-corrected chi connectivity index (χ0v) is 12.1. The summed E-state index contributed by atoms with van der Waals surface area (Å²) in [4.78, 5) is 17.9. The highest BCUT2D eigenvalue weighted by atomic mass is 19.4. The van der Waals surface area contributed by atoms with Gasteiger partial charge in [-0.15, -0.1) is 0 Å². The molecule has 0 bridgehead atoms. The van der Waals surface area contributed by atoms with Gasteiger partial charge in [0, 0.05) is 32.4 Å². The molecule has 0 saturated heterocycles. The van der Waals surface area contributed by atoms with Gasteiger partial charge >= 0.3 is 6.18 Å². The zero-order chi connectivity index (χ0) is 16.6. The van der Waals surface area contributed by atoms with Crippen LogP contribution < -0.4 is 10.5 Å². The third-order valence-corrected chi connectivity index (χ3v) is 3.66. The Hall–Kier alpha value is -2.29. The topological polar surface area (TPSA) is 73.4 Å². The van der Waals surface area contributed by atoms with Crippen molar-refractivity contribution in [2.24, 2.45) is 5.73 Å². The van der Waals surface area contributed by atoms with Crippen molar-refractivity contribution in [1.29, 1.82) is 0 Å². The minimum absolute atomic E-state index is 0.125. The van der Waals surface area contributed by atoms with Crippen molar-refractivity contribution in [3.8, 4) is 5.88 Å². The molecule has 2 aromatic heterocycles. The molecule has 0 aliphatic carbocycles. The maximum atomic E-state index is 12.4. The molecule has 0 aromatic carbocycles. The van der Waals surface area contributed by atoms with E-state index >= 15 is 0 Å². The second kappa shape index (κ2) is 5.73. The molecule has 1 aliphatic rings. The van der Waals surface area contributed by atoms with Gasteiger partial charge in [0.15, 0.2) is 6.61 Å². The molecular formula is C14H15F3N4O2. The van der Waals surface area contributed by atoms with E-state index in [1.165, 1.54) is 12.3 Å². The first-order valence-electron chi connectivity index (χ1n) is 7.08. The number of nitrogens with zero attached hydrogens (tertiary/aromatic N) is 3. The summed E-state index contributed by atoms with van der Waals surface area (Å²) in [5, 5.41) is 0.398. The Kier molecular flexibility index (Phi) is 3.88. The Bertz CT molecular complexity index is 741. The zero-order valence-electron chi connectivity index (χ0n) is 12.1. The van der Waals surface area contributed by atoms with Crippen molar-refractivity contribution >= 4 is 16.8 Å². The van der Waals surface area contributed by atoms with Crippen LogP contribution in [0.4, 0.5) is 13.2 Å². The van der Waals surface area contributed by atoms with Gasteiger partial charge in [0.2, 0.25) is 5.88 Å². The number of nitrogens with two attached hydrogens (primary N) is 1. The van der Waals surface area contributed by atoms with Crippen molar-refractivity contribution in [3.05, 3.63) is 24.0 Å². The average molecular weight is 328 g/mol. The van der Waals surface area contributed by atoms with Crippen molar-refractivity contribution in [3.63, 3.8) is 0 Å². The van der Waals surface area contributed by atoms with Gasteiger partial charge in [0.25, 0.3) is 5.91 Å². The van der Waals surface area contributed by atoms with Crippen LogP contribution in [0.25, 0.3) is 10.9 Å². The van der Waals surface area contributed by atoms with E-state index in [-0.39, 0.29) is 11.8 Å². The molecule has 0 saturated carbocycles. The Labute approximate surface area is 129 Å². The van der Waals surface area contributed by atoms with Crippen molar-refractivity contribution < 1.29 is 22.7 Å². The molecule has 0 atom stereocenters. The van der Waals surface area contributed by atoms with E-state index < -0.39 is 12.8 Å². The predicted octanol–water partition coefficient (Wildman–Crippen LogP) is 1.39. The summed E-state index contributed by atoms with van der Waals surface area (Å²) in [6.07, 6.45) is -3.07.